The van der Waals surface area contributed by atoms with Crippen LogP contribution >= 0.6 is 0 Å². The lowest BCUT2D eigenvalue weighted by molar-refractivity contribution is -0.119. The first-order chi connectivity index (χ1) is 15.3. The van der Waals surface area contributed by atoms with E-state index in [1.54, 1.807) is 36.0 Å². The molecule has 9 heteroatoms. The molecule has 0 saturated heterocycles. The normalized spacial score (nSPS) is 12.8. The first-order valence-electron chi connectivity index (χ1n) is 10.1. The number of nitrogens with one attached hydrogen (secondary N) is 1. The molecule has 0 radical (unpaired) electrons. The van der Waals surface area contributed by atoms with Crippen molar-refractivity contribution in [2.45, 2.75) is 12.8 Å². The Labute approximate surface area is 184 Å². The molecular formula is C23H23FN6O2. The van der Waals surface area contributed by atoms with Gasteiger partial charge in [-0.15, -0.1) is 0 Å². The molecule has 3 aromatic rings. The van der Waals surface area contributed by atoms with E-state index in [0.717, 1.165) is 24.2 Å². The molecule has 4 rings (SSSR count). The Bertz CT molecular complexity index is 1160. The predicted molar refractivity (Wildman–Crippen MR) is 121 cm³/mol. The van der Waals surface area contributed by atoms with E-state index >= 15 is 0 Å². The Balaban J connectivity index is 1.57. The van der Waals surface area contributed by atoms with Crippen molar-refractivity contribution >= 4 is 40.5 Å². The van der Waals surface area contributed by atoms with E-state index in [4.69, 9.17) is 5.73 Å². The van der Waals surface area contributed by atoms with Crippen LogP contribution < -0.4 is 20.9 Å². The zero-order valence-electron chi connectivity index (χ0n) is 17.7. The van der Waals surface area contributed by atoms with Crippen molar-refractivity contribution in [2.24, 2.45) is 11.7 Å². The van der Waals surface area contributed by atoms with Gasteiger partial charge in [0.25, 0.3) is 5.91 Å². The smallest absolute Gasteiger partial charge is 0.252 e. The average molecular weight is 434 g/mol. The third-order valence-corrected chi connectivity index (χ3v) is 5.34. The third-order valence-electron chi connectivity index (χ3n) is 5.34. The number of anilines is 5. The molecule has 1 aliphatic rings. The fourth-order valence-corrected chi connectivity index (χ4v) is 3.34. The van der Waals surface area contributed by atoms with E-state index in [-0.39, 0.29) is 17.4 Å². The first-order valence-corrected chi connectivity index (χ1v) is 10.1. The van der Waals surface area contributed by atoms with E-state index in [0.29, 0.717) is 17.3 Å². The first kappa shape index (κ1) is 21.2. The molecule has 0 spiro atoms. The van der Waals surface area contributed by atoms with Crippen molar-refractivity contribution in [3.05, 3.63) is 66.2 Å². The van der Waals surface area contributed by atoms with Gasteiger partial charge in [0.1, 0.15) is 11.6 Å². The Morgan fingerprint density at radius 2 is 1.84 bits per heavy atom. The molecule has 3 N–H and O–H groups in total. The number of nitrogens with zero attached hydrogens (tertiary/aromatic N) is 4. The number of nitrogens with two attached hydrogens (primary N) is 1. The number of hydrogen-bond donors (Lipinski definition) is 2. The van der Waals surface area contributed by atoms with Crippen LogP contribution in [-0.2, 0) is 4.79 Å². The summed E-state index contributed by atoms with van der Waals surface area (Å²) < 4.78 is 13.6. The SMILES string of the molecule is CN(C(=O)C1CC1)c1ccc(Nc2cc(N(C)c3cccc(F)n3)c(C(N)=O)cn2)cc1. The molecule has 8 nitrogen and oxygen atoms in total. The van der Waals surface area contributed by atoms with Gasteiger partial charge in [0.05, 0.1) is 11.3 Å². The van der Waals surface area contributed by atoms with Gasteiger partial charge >= 0.3 is 0 Å². The van der Waals surface area contributed by atoms with E-state index in [9.17, 15) is 14.0 Å². The Hall–Kier alpha value is -4.01. The molecule has 2 amide bonds. The fraction of sp³-hybridized carbons (Fsp3) is 0.217. The molecule has 0 aliphatic heterocycles. The molecule has 1 aliphatic carbocycles. The van der Waals surface area contributed by atoms with Gasteiger partial charge in [-0.25, -0.2) is 9.97 Å². The Morgan fingerprint density at radius 3 is 2.47 bits per heavy atom. The summed E-state index contributed by atoms with van der Waals surface area (Å²) in [7, 11) is 3.44. The number of primary amides is 1. The second kappa shape index (κ2) is 8.62. The van der Waals surface area contributed by atoms with E-state index in [2.05, 4.69) is 15.3 Å². The largest absolute Gasteiger partial charge is 0.365 e. The minimum absolute atomic E-state index is 0.132. The number of amides is 2. The maximum atomic E-state index is 13.6. The molecule has 164 valence electrons. The summed E-state index contributed by atoms with van der Waals surface area (Å²) in [5.74, 6) is -0.231. The number of rotatable bonds is 7. The van der Waals surface area contributed by atoms with Crippen molar-refractivity contribution in [1.29, 1.82) is 0 Å². The van der Waals surface area contributed by atoms with Crippen molar-refractivity contribution in [1.82, 2.24) is 9.97 Å². The van der Waals surface area contributed by atoms with Crippen molar-refractivity contribution in [3.8, 4) is 0 Å². The number of carbonyl (C=O) groups is 2. The van der Waals surface area contributed by atoms with Gasteiger partial charge in [0.2, 0.25) is 11.9 Å². The van der Waals surface area contributed by atoms with Gasteiger partial charge in [-0.2, -0.15) is 4.39 Å². The highest BCUT2D eigenvalue weighted by molar-refractivity contribution is 5.99. The maximum absolute atomic E-state index is 13.6. The maximum Gasteiger partial charge on any atom is 0.252 e. The molecule has 1 saturated carbocycles. The summed E-state index contributed by atoms with van der Waals surface area (Å²) in [6.07, 6.45) is 3.28. The Kier molecular flexibility index (Phi) is 5.72. The van der Waals surface area contributed by atoms with Crippen LogP contribution in [0.25, 0.3) is 0 Å². The zero-order chi connectivity index (χ0) is 22.8. The molecular weight excluding hydrogens is 411 g/mol. The lowest BCUT2D eigenvalue weighted by Gasteiger charge is -2.21. The van der Waals surface area contributed by atoms with Crippen molar-refractivity contribution in [3.63, 3.8) is 0 Å². The molecule has 0 bridgehead atoms. The highest BCUT2D eigenvalue weighted by atomic mass is 19.1. The highest BCUT2D eigenvalue weighted by Crippen LogP contribution is 2.33. The zero-order valence-corrected chi connectivity index (χ0v) is 17.7. The van der Waals surface area contributed by atoms with Gasteiger partial charge in [0.15, 0.2) is 0 Å². The number of pyridine rings is 2. The van der Waals surface area contributed by atoms with E-state index < -0.39 is 11.9 Å². The number of halogens is 1. The minimum Gasteiger partial charge on any atom is -0.365 e. The van der Waals surface area contributed by atoms with E-state index in [1.165, 1.54) is 18.3 Å². The number of benzene rings is 1. The van der Waals surface area contributed by atoms with Crippen LogP contribution in [0.3, 0.4) is 0 Å². The van der Waals surface area contributed by atoms with Crippen LogP contribution in [-0.4, -0.2) is 35.9 Å². The van der Waals surface area contributed by atoms with Gasteiger partial charge in [-0.1, -0.05) is 6.07 Å². The molecule has 1 aromatic carbocycles. The topological polar surface area (TPSA) is 104 Å². The molecule has 1 fully saturated rings. The molecule has 2 heterocycles. The second-order valence-electron chi connectivity index (χ2n) is 7.67. The Morgan fingerprint density at radius 1 is 1.12 bits per heavy atom. The van der Waals surface area contributed by atoms with Crippen LogP contribution in [0, 0.1) is 11.9 Å². The van der Waals surface area contributed by atoms with Crippen LogP contribution in [0.1, 0.15) is 23.2 Å². The van der Waals surface area contributed by atoms with E-state index in [1.807, 2.05) is 24.3 Å². The summed E-state index contributed by atoms with van der Waals surface area (Å²) >= 11 is 0. The summed E-state index contributed by atoms with van der Waals surface area (Å²) in [5, 5.41) is 3.17. The minimum atomic E-state index is -0.657. The second-order valence-corrected chi connectivity index (χ2v) is 7.67. The lowest BCUT2D eigenvalue weighted by atomic mass is 10.2. The predicted octanol–water partition coefficient (Wildman–Crippen LogP) is 3.60. The number of carbonyl (C=O) groups excluding carboxylic acids is 2. The van der Waals surface area contributed by atoms with Gasteiger partial charge in [-0.3, -0.25) is 9.59 Å². The monoisotopic (exact) mass is 434 g/mol. The van der Waals surface area contributed by atoms with Crippen molar-refractivity contribution in [2.75, 3.05) is 29.2 Å². The summed E-state index contributed by atoms with van der Waals surface area (Å²) in [4.78, 5) is 35.5. The number of aromatic nitrogens is 2. The lowest BCUT2D eigenvalue weighted by Crippen LogP contribution is -2.27. The molecule has 0 atom stereocenters. The summed E-state index contributed by atoms with van der Waals surface area (Å²) in [6, 6.07) is 13.4. The van der Waals surface area contributed by atoms with Gasteiger partial charge in [0, 0.05) is 43.7 Å². The van der Waals surface area contributed by atoms with Crippen LogP contribution in [0.4, 0.5) is 33.1 Å². The van der Waals surface area contributed by atoms with Crippen molar-refractivity contribution < 1.29 is 14.0 Å². The fourth-order valence-electron chi connectivity index (χ4n) is 3.34. The third kappa shape index (κ3) is 4.51. The molecule has 32 heavy (non-hydrogen) atoms. The highest BCUT2D eigenvalue weighted by Gasteiger charge is 2.32. The van der Waals surface area contributed by atoms with Gasteiger partial charge in [-0.05, 0) is 49.2 Å². The average Bonchev–Trinajstić information content (AvgIpc) is 3.63. The number of hydrogen-bond acceptors (Lipinski definition) is 6. The van der Waals surface area contributed by atoms with Crippen LogP contribution in [0.5, 0.6) is 0 Å². The summed E-state index contributed by atoms with van der Waals surface area (Å²) in [5.41, 5.74) is 7.67. The quantitative estimate of drug-likeness (QED) is 0.551. The molecule has 0 unspecified atom stereocenters. The standard InChI is InChI=1S/C23H23FN6O2/c1-29(23(32)14-6-7-14)16-10-8-15(9-11-16)27-20-12-18(17(13-26-20)22(25)31)30(2)21-5-3-4-19(24)28-21/h3-5,8-14H,6-7H2,1-2H3,(H2,25,31)(H,26,27). The van der Waals surface area contributed by atoms with Crippen LogP contribution in [0.15, 0.2) is 54.7 Å². The summed E-state index contributed by atoms with van der Waals surface area (Å²) in [6.45, 7) is 0. The molecule has 2 aromatic heterocycles. The van der Waals surface area contributed by atoms with Gasteiger partial charge < -0.3 is 20.9 Å². The van der Waals surface area contributed by atoms with Crippen LogP contribution in [0.2, 0.25) is 0 Å².